The van der Waals surface area contributed by atoms with Crippen molar-refractivity contribution in [3.8, 4) is 0 Å². The molecule has 0 saturated carbocycles. The molecule has 0 spiro atoms. The highest BCUT2D eigenvalue weighted by atomic mass is 16.5. The Bertz CT molecular complexity index is 136. The van der Waals surface area contributed by atoms with Crippen LogP contribution in [0.5, 0.6) is 0 Å². The first-order chi connectivity index (χ1) is 4.92. The van der Waals surface area contributed by atoms with Gasteiger partial charge in [-0.2, -0.15) is 0 Å². The summed E-state index contributed by atoms with van der Waals surface area (Å²) in [6.45, 7) is 10.2. The number of hydrogen-bond acceptors (Lipinski definition) is 2. The first kappa shape index (κ1) is 10.5. The molecule has 0 bridgehead atoms. The third-order valence-electron chi connectivity index (χ3n) is 2.24. The van der Waals surface area contributed by atoms with Crippen molar-refractivity contribution in [2.75, 3.05) is 6.61 Å². The van der Waals surface area contributed by atoms with Crippen LogP contribution in [0, 0.1) is 11.3 Å². The predicted octanol–water partition coefficient (Wildman–Crippen LogP) is 2.23. The Morgan fingerprint density at radius 3 is 2.18 bits per heavy atom. The van der Waals surface area contributed by atoms with Crippen molar-refractivity contribution in [3.05, 3.63) is 0 Å². The van der Waals surface area contributed by atoms with E-state index in [1.807, 2.05) is 34.6 Å². The number of rotatable bonds is 3. The molecule has 0 N–H and O–H groups in total. The lowest BCUT2D eigenvalue weighted by Crippen LogP contribution is -2.31. The second-order valence-corrected chi connectivity index (χ2v) is 3.60. The molecule has 0 aliphatic rings. The summed E-state index contributed by atoms with van der Waals surface area (Å²) in [5.41, 5.74) is -0.351. The Labute approximate surface area is 68.9 Å². The molecule has 0 rings (SSSR count). The molecule has 0 saturated heterocycles. The van der Waals surface area contributed by atoms with E-state index in [0.29, 0.717) is 12.5 Å². The number of ether oxygens (including phenoxy) is 1. The standard InChI is InChI=1S/C9H18O2/c1-6-11-8(10)9(4,5)7(2)3/h7H,6H2,1-5H3. The van der Waals surface area contributed by atoms with Gasteiger partial charge in [0.1, 0.15) is 0 Å². The number of carbonyl (C=O) groups is 1. The zero-order valence-corrected chi connectivity index (χ0v) is 8.10. The fourth-order valence-electron chi connectivity index (χ4n) is 0.553. The van der Waals surface area contributed by atoms with Gasteiger partial charge in [-0.05, 0) is 26.7 Å². The van der Waals surface area contributed by atoms with Crippen molar-refractivity contribution < 1.29 is 9.53 Å². The average molecular weight is 158 g/mol. The van der Waals surface area contributed by atoms with Crippen LogP contribution in [0.1, 0.15) is 34.6 Å². The Morgan fingerprint density at radius 2 is 1.91 bits per heavy atom. The van der Waals surface area contributed by atoms with Crippen LogP contribution in [-0.4, -0.2) is 12.6 Å². The highest BCUT2D eigenvalue weighted by molar-refractivity contribution is 5.76. The topological polar surface area (TPSA) is 26.3 Å². The Morgan fingerprint density at radius 1 is 1.45 bits per heavy atom. The maximum atomic E-state index is 11.3. The van der Waals surface area contributed by atoms with E-state index in [1.165, 1.54) is 0 Å². The Hall–Kier alpha value is -0.530. The largest absolute Gasteiger partial charge is 0.466 e. The Kier molecular flexibility index (Phi) is 3.56. The molecular formula is C9H18O2. The van der Waals surface area contributed by atoms with Gasteiger partial charge < -0.3 is 4.74 Å². The summed E-state index contributed by atoms with van der Waals surface area (Å²) >= 11 is 0. The second-order valence-electron chi connectivity index (χ2n) is 3.60. The van der Waals surface area contributed by atoms with Crippen LogP contribution in [0.15, 0.2) is 0 Å². The smallest absolute Gasteiger partial charge is 0.311 e. The molecule has 11 heavy (non-hydrogen) atoms. The summed E-state index contributed by atoms with van der Waals surface area (Å²) in [7, 11) is 0. The van der Waals surface area contributed by atoms with Gasteiger partial charge in [0.15, 0.2) is 0 Å². The summed E-state index contributed by atoms with van der Waals surface area (Å²) in [4.78, 5) is 11.3. The molecule has 0 aromatic carbocycles. The molecule has 0 aliphatic carbocycles. The van der Waals surface area contributed by atoms with Crippen molar-refractivity contribution in [1.29, 1.82) is 0 Å². The van der Waals surface area contributed by atoms with E-state index in [1.54, 1.807) is 0 Å². The Balaban J connectivity index is 4.18. The minimum absolute atomic E-state index is 0.102. The van der Waals surface area contributed by atoms with E-state index in [9.17, 15) is 4.79 Å². The monoisotopic (exact) mass is 158 g/mol. The molecule has 0 heterocycles. The molecule has 0 amide bonds. The third-order valence-corrected chi connectivity index (χ3v) is 2.24. The highest BCUT2D eigenvalue weighted by Crippen LogP contribution is 2.27. The first-order valence-corrected chi connectivity index (χ1v) is 4.10. The summed E-state index contributed by atoms with van der Waals surface area (Å²) in [6, 6.07) is 0. The first-order valence-electron chi connectivity index (χ1n) is 4.10. The zero-order valence-electron chi connectivity index (χ0n) is 8.10. The third kappa shape index (κ3) is 2.52. The molecule has 0 aromatic heterocycles. The van der Waals surface area contributed by atoms with Crippen LogP contribution in [0.4, 0.5) is 0 Å². The van der Waals surface area contributed by atoms with E-state index in [0.717, 1.165) is 0 Å². The lowest BCUT2D eigenvalue weighted by atomic mass is 9.81. The van der Waals surface area contributed by atoms with Crippen molar-refractivity contribution in [2.24, 2.45) is 11.3 Å². The average Bonchev–Trinajstić information content (AvgIpc) is 1.88. The zero-order chi connectivity index (χ0) is 9.07. The minimum atomic E-state index is -0.351. The summed E-state index contributed by atoms with van der Waals surface area (Å²) in [6.07, 6.45) is 0. The van der Waals surface area contributed by atoms with E-state index in [-0.39, 0.29) is 11.4 Å². The molecule has 0 fully saturated rings. The molecule has 0 aromatic rings. The van der Waals surface area contributed by atoms with Gasteiger partial charge >= 0.3 is 5.97 Å². The molecule has 66 valence electrons. The summed E-state index contributed by atoms with van der Waals surface area (Å²) in [5.74, 6) is 0.219. The molecular weight excluding hydrogens is 140 g/mol. The van der Waals surface area contributed by atoms with Gasteiger partial charge in [0.05, 0.1) is 12.0 Å². The van der Waals surface area contributed by atoms with Gasteiger partial charge in [0.2, 0.25) is 0 Å². The number of carbonyl (C=O) groups excluding carboxylic acids is 1. The van der Waals surface area contributed by atoms with Crippen LogP contribution in [0.3, 0.4) is 0 Å². The maximum Gasteiger partial charge on any atom is 0.311 e. The van der Waals surface area contributed by atoms with Crippen LogP contribution in [0.25, 0.3) is 0 Å². The van der Waals surface area contributed by atoms with E-state index >= 15 is 0 Å². The van der Waals surface area contributed by atoms with E-state index in [2.05, 4.69) is 0 Å². The summed E-state index contributed by atoms with van der Waals surface area (Å²) < 4.78 is 4.93. The fourth-order valence-corrected chi connectivity index (χ4v) is 0.553. The van der Waals surface area contributed by atoms with E-state index < -0.39 is 0 Å². The van der Waals surface area contributed by atoms with Crippen molar-refractivity contribution in [2.45, 2.75) is 34.6 Å². The van der Waals surface area contributed by atoms with Crippen LogP contribution in [-0.2, 0) is 9.53 Å². The van der Waals surface area contributed by atoms with Gasteiger partial charge in [0.25, 0.3) is 0 Å². The SMILES string of the molecule is CCOC(=O)C(C)(C)C(C)C. The quantitative estimate of drug-likeness (QED) is 0.589. The number of esters is 1. The normalized spacial score (nSPS) is 11.8. The van der Waals surface area contributed by atoms with Gasteiger partial charge in [-0.1, -0.05) is 13.8 Å². The summed E-state index contributed by atoms with van der Waals surface area (Å²) in [5, 5.41) is 0. The second kappa shape index (κ2) is 3.74. The number of hydrogen-bond donors (Lipinski definition) is 0. The molecule has 0 aliphatic heterocycles. The lowest BCUT2D eigenvalue weighted by molar-refractivity contribution is -0.155. The van der Waals surface area contributed by atoms with E-state index in [4.69, 9.17) is 4.74 Å². The molecule has 2 heteroatoms. The highest BCUT2D eigenvalue weighted by Gasteiger charge is 2.32. The fraction of sp³-hybridized carbons (Fsp3) is 0.889. The lowest BCUT2D eigenvalue weighted by Gasteiger charge is -2.26. The van der Waals surface area contributed by atoms with Gasteiger partial charge in [-0.25, -0.2) is 0 Å². The van der Waals surface area contributed by atoms with Crippen LogP contribution < -0.4 is 0 Å². The minimum Gasteiger partial charge on any atom is -0.466 e. The van der Waals surface area contributed by atoms with Crippen LogP contribution >= 0.6 is 0 Å². The predicted molar refractivity (Wildman–Crippen MR) is 45.3 cm³/mol. The molecule has 0 atom stereocenters. The van der Waals surface area contributed by atoms with Crippen molar-refractivity contribution >= 4 is 5.97 Å². The van der Waals surface area contributed by atoms with Crippen LogP contribution in [0.2, 0.25) is 0 Å². The molecule has 0 radical (unpaired) electrons. The van der Waals surface area contributed by atoms with Gasteiger partial charge in [0, 0.05) is 0 Å². The van der Waals surface area contributed by atoms with Gasteiger partial charge in [-0.3, -0.25) is 4.79 Å². The molecule has 0 unspecified atom stereocenters. The molecule has 2 nitrogen and oxygen atoms in total. The van der Waals surface area contributed by atoms with Crippen molar-refractivity contribution in [1.82, 2.24) is 0 Å². The maximum absolute atomic E-state index is 11.3. The van der Waals surface area contributed by atoms with Gasteiger partial charge in [-0.15, -0.1) is 0 Å². The van der Waals surface area contributed by atoms with Crippen molar-refractivity contribution in [3.63, 3.8) is 0 Å².